The minimum absolute atomic E-state index is 1.15. The van der Waals surface area contributed by atoms with E-state index in [1.807, 2.05) is 0 Å². The summed E-state index contributed by atoms with van der Waals surface area (Å²) in [7, 11) is 0. The first-order valence-corrected chi connectivity index (χ1v) is 17.5. The van der Waals surface area contributed by atoms with Gasteiger partial charge in [0.05, 0.1) is 27.6 Å². The molecule has 238 valence electrons. The molecule has 3 heteroatoms. The highest BCUT2D eigenvalue weighted by molar-refractivity contribution is 6.15. The Kier molecular flexibility index (Phi) is 5.96. The lowest BCUT2D eigenvalue weighted by molar-refractivity contribution is 1.13. The van der Waals surface area contributed by atoms with Gasteiger partial charge in [0.15, 0.2) is 0 Å². The second-order valence-corrected chi connectivity index (χ2v) is 13.5. The number of nitrogens with zero attached hydrogens (tertiary/aromatic N) is 3. The van der Waals surface area contributed by atoms with E-state index in [2.05, 4.69) is 202 Å². The van der Waals surface area contributed by atoms with Gasteiger partial charge < -0.3 is 13.7 Å². The number of benzene rings is 8. The monoisotopic (exact) mass is 649 g/mol. The largest absolute Gasteiger partial charge is 0.317 e. The van der Waals surface area contributed by atoms with Crippen molar-refractivity contribution < 1.29 is 0 Å². The summed E-state index contributed by atoms with van der Waals surface area (Å²) >= 11 is 0. The number of hydrogen-bond acceptors (Lipinski definition) is 0. The predicted octanol–water partition coefficient (Wildman–Crippen LogP) is 12.6. The molecule has 0 aliphatic rings. The Hall–Kier alpha value is -6.84. The predicted molar refractivity (Wildman–Crippen MR) is 215 cm³/mol. The summed E-state index contributed by atoms with van der Waals surface area (Å²) in [5.74, 6) is 0. The number of para-hydroxylation sites is 4. The molecule has 3 heterocycles. The summed E-state index contributed by atoms with van der Waals surface area (Å²) in [4.78, 5) is 0. The quantitative estimate of drug-likeness (QED) is 0.180. The van der Waals surface area contributed by atoms with E-state index in [4.69, 9.17) is 0 Å². The van der Waals surface area contributed by atoms with Gasteiger partial charge in [0, 0.05) is 50.2 Å². The number of rotatable bonds is 4. The molecule has 0 fully saturated rings. The van der Waals surface area contributed by atoms with E-state index < -0.39 is 0 Å². The molecule has 0 spiro atoms. The summed E-state index contributed by atoms with van der Waals surface area (Å²) in [6.07, 6.45) is 2.18. The number of aromatic nitrogens is 3. The Morgan fingerprint density at radius 2 is 0.843 bits per heavy atom. The van der Waals surface area contributed by atoms with E-state index >= 15 is 0 Å². The standard InChI is InChI=1S/C48H31N3/c1-3-13-37(14-4-1)49-25-24-34-26-35-29-43-41-19-8-10-21-45(41)51(48(43)31-36(35)30-47(34)49)39-17-11-12-32(27-39)33-22-23-46-42(28-33)40-18-7-9-20-44(40)50(46)38-15-5-2-6-16-38/h1-31H. The lowest BCUT2D eigenvalue weighted by Crippen LogP contribution is -1.95. The highest BCUT2D eigenvalue weighted by atomic mass is 15.0. The maximum Gasteiger partial charge on any atom is 0.0547 e. The van der Waals surface area contributed by atoms with Gasteiger partial charge in [0.2, 0.25) is 0 Å². The first-order valence-electron chi connectivity index (χ1n) is 17.5. The van der Waals surface area contributed by atoms with E-state index in [9.17, 15) is 0 Å². The van der Waals surface area contributed by atoms with Crippen LogP contribution in [0.3, 0.4) is 0 Å². The van der Waals surface area contributed by atoms with E-state index in [0.29, 0.717) is 0 Å². The molecule has 3 aromatic heterocycles. The van der Waals surface area contributed by atoms with Crippen LogP contribution in [0.2, 0.25) is 0 Å². The van der Waals surface area contributed by atoms with Crippen LogP contribution in [0, 0.1) is 0 Å². The van der Waals surface area contributed by atoms with Crippen LogP contribution in [-0.2, 0) is 0 Å². The van der Waals surface area contributed by atoms with Crippen LogP contribution in [-0.4, -0.2) is 13.7 Å². The summed E-state index contributed by atoms with van der Waals surface area (Å²) in [5.41, 5.74) is 11.9. The Labute approximate surface area is 294 Å². The molecule has 0 amide bonds. The number of hydrogen-bond donors (Lipinski definition) is 0. The highest BCUT2D eigenvalue weighted by Crippen LogP contribution is 2.39. The van der Waals surface area contributed by atoms with Gasteiger partial charge >= 0.3 is 0 Å². The zero-order chi connectivity index (χ0) is 33.5. The molecule has 51 heavy (non-hydrogen) atoms. The van der Waals surface area contributed by atoms with E-state index in [-0.39, 0.29) is 0 Å². The topological polar surface area (TPSA) is 14.8 Å². The van der Waals surface area contributed by atoms with Gasteiger partial charge in [-0.3, -0.25) is 0 Å². The van der Waals surface area contributed by atoms with Crippen molar-refractivity contribution in [1.82, 2.24) is 13.7 Å². The lowest BCUT2D eigenvalue weighted by atomic mass is 10.0. The third-order valence-corrected chi connectivity index (χ3v) is 10.6. The first-order chi connectivity index (χ1) is 25.3. The maximum absolute atomic E-state index is 2.44. The third-order valence-electron chi connectivity index (χ3n) is 10.6. The molecule has 0 bridgehead atoms. The average Bonchev–Trinajstić information content (AvgIpc) is 3.86. The molecule has 3 nitrogen and oxygen atoms in total. The first kappa shape index (κ1) is 28.0. The average molecular weight is 650 g/mol. The van der Waals surface area contributed by atoms with Gasteiger partial charge in [0.25, 0.3) is 0 Å². The Morgan fingerprint density at radius 1 is 0.275 bits per heavy atom. The molecule has 0 aliphatic heterocycles. The molecule has 0 aliphatic carbocycles. The molecule has 0 unspecified atom stereocenters. The van der Waals surface area contributed by atoms with Crippen LogP contribution >= 0.6 is 0 Å². The summed E-state index contributed by atoms with van der Waals surface area (Å²) in [6.45, 7) is 0. The van der Waals surface area contributed by atoms with Gasteiger partial charge in [-0.05, 0) is 113 Å². The summed E-state index contributed by atoms with van der Waals surface area (Å²) < 4.78 is 7.09. The van der Waals surface area contributed by atoms with E-state index in [1.165, 1.54) is 87.8 Å². The van der Waals surface area contributed by atoms with Crippen LogP contribution in [0.4, 0.5) is 0 Å². The molecule has 0 atom stereocenters. The Morgan fingerprint density at radius 3 is 1.61 bits per heavy atom. The van der Waals surface area contributed by atoms with E-state index in [0.717, 1.165) is 5.69 Å². The van der Waals surface area contributed by atoms with Crippen molar-refractivity contribution in [2.24, 2.45) is 0 Å². The van der Waals surface area contributed by atoms with Gasteiger partial charge in [0.1, 0.15) is 0 Å². The zero-order valence-electron chi connectivity index (χ0n) is 27.7. The van der Waals surface area contributed by atoms with Gasteiger partial charge in [-0.25, -0.2) is 0 Å². The molecule has 0 saturated heterocycles. The summed E-state index contributed by atoms with van der Waals surface area (Å²) in [6, 6.07) is 66.4. The van der Waals surface area contributed by atoms with Gasteiger partial charge in [-0.15, -0.1) is 0 Å². The third kappa shape index (κ3) is 4.25. The van der Waals surface area contributed by atoms with Crippen LogP contribution in [0.25, 0.3) is 93.5 Å². The molecule has 11 aromatic rings. The van der Waals surface area contributed by atoms with Crippen molar-refractivity contribution >= 4 is 65.3 Å². The van der Waals surface area contributed by atoms with Crippen molar-refractivity contribution in [2.75, 3.05) is 0 Å². The van der Waals surface area contributed by atoms with Crippen LogP contribution in [0.5, 0.6) is 0 Å². The van der Waals surface area contributed by atoms with Crippen molar-refractivity contribution in [3.05, 3.63) is 188 Å². The smallest absolute Gasteiger partial charge is 0.0547 e. The molecular formula is C48H31N3. The maximum atomic E-state index is 2.44. The van der Waals surface area contributed by atoms with Crippen molar-refractivity contribution in [1.29, 1.82) is 0 Å². The zero-order valence-corrected chi connectivity index (χ0v) is 27.7. The Bertz CT molecular complexity index is 3120. The molecule has 0 radical (unpaired) electrons. The minimum atomic E-state index is 1.15. The Balaban J connectivity index is 1.10. The highest BCUT2D eigenvalue weighted by Gasteiger charge is 2.17. The van der Waals surface area contributed by atoms with E-state index in [1.54, 1.807) is 0 Å². The normalized spacial score (nSPS) is 11.9. The van der Waals surface area contributed by atoms with Crippen LogP contribution in [0.1, 0.15) is 0 Å². The second-order valence-electron chi connectivity index (χ2n) is 13.5. The van der Waals surface area contributed by atoms with Crippen molar-refractivity contribution in [3.63, 3.8) is 0 Å². The van der Waals surface area contributed by atoms with Crippen LogP contribution in [0.15, 0.2) is 188 Å². The van der Waals surface area contributed by atoms with Crippen molar-refractivity contribution in [3.8, 4) is 28.2 Å². The number of fused-ring (bicyclic) bond motifs is 8. The van der Waals surface area contributed by atoms with Gasteiger partial charge in [-0.1, -0.05) is 91.0 Å². The SMILES string of the molecule is c1ccc(-n2ccc3cc4cc5c6ccccc6n(-c6cccc(-c7ccc8c(c7)c7ccccc7n8-c7ccccc7)c6)c5cc4cc32)cc1. The van der Waals surface area contributed by atoms with Crippen LogP contribution < -0.4 is 0 Å². The molecule has 0 saturated carbocycles. The molecular weight excluding hydrogens is 619 g/mol. The minimum Gasteiger partial charge on any atom is -0.317 e. The fraction of sp³-hybridized carbons (Fsp3) is 0. The fourth-order valence-corrected chi connectivity index (χ4v) is 8.27. The van der Waals surface area contributed by atoms with Gasteiger partial charge in [-0.2, -0.15) is 0 Å². The summed E-state index contributed by atoms with van der Waals surface area (Å²) in [5, 5.41) is 8.76. The second kappa shape index (κ2) is 10.8. The molecule has 11 rings (SSSR count). The lowest BCUT2D eigenvalue weighted by Gasteiger charge is -2.12. The van der Waals surface area contributed by atoms with Crippen molar-refractivity contribution in [2.45, 2.75) is 0 Å². The molecule has 8 aromatic carbocycles. The fourth-order valence-electron chi connectivity index (χ4n) is 8.27. The molecule has 0 N–H and O–H groups in total.